The number of benzene rings is 1. The smallest absolute Gasteiger partial charge is 0.252 e. The fourth-order valence-corrected chi connectivity index (χ4v) is 7.43. The van der Waals surface area contributed by atoms with E-state index in [1.54, 1.807) is 19.2 Å². The van der Waals surface area contributed by atoms with Gasteiger partial charge in [0.1, 0.15) is 9.96 Å². The predicted molar refractivity (Wildman–Crippen MR) is 101 cm³/mol. The Hall–Kier alpha value is -1.12. The van der Waals surface area contributed by atoms with Gasteiger partial charge in [0.15, 0.2) is 0 Å². The van der Waals surface area contributed by atoms with E-state index in [-0.39, 0.29) is 16.0 Å². The number of rotatable bonds is 4. The van der Waals surface area contributed by atoms with Crippen molar-refractivity contribution < 1.29 is 18.3 Å². The van der Waals surface area contributed by atoms with Gasteiger partial charge in [-0.2, -0.15) is 4.31 Å². The van der Waals surface area contributed by atoms with Crippen LogP contribution in [0, 0.1) is 11.8 Å². The normalized spacial score (nSPS) is 29.0. The maximum Gasteiger partial charge on any atom is 0.252 e. The van der Waals surface area contributed by atoms with Crippen molar-refractivity contribution in [1.29, 1.82) is 0 Å². The molecule has 1 saturated heterocycles. The molecule has 1 N–H and O–H groups in total. The van der Waals surface area contributed by atoms with E-state index in [1.165, 1.54) is 4.31 Å². The molecule has 2 aliphatic rings. The van der Waals surface area contributed by atoms with Gasteiger partial charge in [0.25, 0.3) is 10.0 Å². The second-order valence-corrected chi connectivity index (χ2v) is 10.8. The van der Waals surface area contributed by atoms with Crippen molar-refractivity contribution >= 4 is 33.0 Å². The van der Waals surface area contributed by atoms with Gasteiger partial charge in [-0.05, 0) is 48.6 Å². The van der Waals surface area contributed by atoms with E-state index in [0.717, 1.165) is 23.3 Å². The molecule has 2 heterocycles. The van der Waals surface area contributed by atoms with Crippen molar-refractivity contribution in [3.05, 3.63) is 46.3 Å². The Balaban J connectivity index is 1.62. The van der Waals surface area contributed by atoms with Gasteiger partial charge in [-0.25, -0.2) is 8.42 Å². The van der Waals surface area contributed by atoms with Gasteiger partial charge >= 0.3 is 0 Å². The molecular weight excluding hydrogens is 394 g/mol. The molecule has 26 heavy (non-hydrogen) atoms. The Morgan fingerprint density at radius 2 is 2.12 bits per heavy atom. The van der Waals surface area contributed by atoms with Gasteiger partial charge in [-0.1, -0.05) is 23.7 Å². The average molecular weight is 414 g/mol. The number of sulfonamides is 1. The number of halogens is 1. The van der Waals surface area contributed by atoms with Crippen molar-refractivity contribution in [3.63, 3.8) is 0 Å². The van der Waals surface area contributed by atoms with E-state index in [2.05, 4.69) is 0 Å². The standard InChI is InChI=1S/C18H20ClNO4S2/c1-24-14-4-2-3-13(9-14)18(21)8-7-12-10-20(11-15(12)18)26(22,23)17-6-5-16(19)25-17/h2-6,9,12,15,21H,7-8,10-11H2,1H3/t12-,15-,18-/m1/s1. The molecule has 1 saturated carbocycles. The van der Waals surface area contributed by atoms with Gasteiger partial charge in [-0.15, -0.1) is 11.3 Å². The Kier molecular flexibility index (Phi) is 4.56. The zero-order valence-corrected chi connectivity index (χ0v) is 16.6. The SMILES string of the molecule is COc1cccc([C@]2(O)CC[C@@H]3CN(S(=O)(=O)c4ccc(Cl)s4)C[C@H]32)c1. The molecule has 3 atom stereocenters. The van der Waals surface area contributed by atoms with Crippen LogP contribution >= 0.6 is 22.9 Å². The summed E-state index contributed by atoms with van der Waals surface area (Å²) in [5.41, 5.74) is -0.237. The highest BCUT2D eigenvalue weighted by Crippen LogP contribution is 2.51. The molecule has 1 aliphatic heterocycles. The quantitative estimate of drug-likeness (QED) is 0.834. The predicted octanol–water partition coefficient (Wildman–Crippen LogP) is 3.33. The number of fused-ring (bicyclic) bond motifs is 1. The summed E-state index contributed by atoms with van der Waals surface area (Å²) in [7, 11) is -1.98. The first-order valence-electron chi connectivity index (χ1n) is 8.47. The summed E-state index contributed by atoms with van der Waals surface area (Å²) in [6.45, 7) is 0.755. The maximum absolute atomic E-state index is 12.9. The van der Waals surface area contributed by atoms with Gasteiger partial charge < -0.3 is 9.84 Å². The maximum atomic E-state index is 12.9. The molecule has 5 nitrogen and oxygen atoms in total. The summed E-state index contributed by atoms with van der Waals surface area (Å²) in [5, 5.41) is 11.4. The molecule has 4 rings (SSSR count). The van der Waals surface area contributed by atoms with E-state index in [0.29, 0.717) is 29.6 Å². The van der Waals surface area contributed by atoms with E-state index in [9.17, 15) is 13.5 Å². The molecule has 0 spiro atoms. The average Bonchev–Trinajstić information content (AvgIpc) is 3.33. The minimum absolute atomic E-state index is 0.125. The minimum Gasteiger partial charge on any atom is -0.497 e. The molecule has 140 valence electrons. The van der Waals surface area contributed by atoms with Crippen molar-refractivity contribution in [1.82, 2.24) is 4.31 Å². The zero-order chi connectivity index (χ0) is 18.5. The summed E-state index contributed by atoms with van der Waals surface area (Å²) < 4.78 is 33.3. The number of aliphatic hydroxyl groups is 1. The second-order valence-electron chi connectivity index (χ2n) is 6.94. The fourth-order valence-electron chi connectivity index (χ4n) is 4.27. The molecule has 8 heteroatoms. The lowest BCUT2D eigenvalue weighted by atomic mass is 9.82. The van der Waals surface area contributed by atoms with Gasteiger partial charge in [0.05, 0.1) is 17.0 Å². The Morgan fingerprint density at radius 1 is 1.31 bits per heavy atom. The number of nitrogens with zero attached hydrogens (tertiary/aromatic N) is 1. The number of hydrogen-bond acceptors (Lipinski definition) is 5. The molecular formula is C18H20ClNO4S2. The highest BCUT2D eigenvalue weighted by molar-refractivity contribution is 7.91. The Labute approximate surface area is 162 Å². The monoisotopic (exact) mass is 413 g/mol. The molecule has 0 radical (unpaired) electrons. The van der Waals surface area contributed by atoms with Gasteiger partial charge in [0.2, 0.25) is 0 Å². The van der Waals surface area contributed by atoms with Gasteiger partial charge in [0, 0.05) is 19.0 Å². The van der Waals surface area contributed by atoms with Crippen LogP contribution in [-0.2, 0) is 15.6 Å². The topological polar surface area (TPSA) is 66.8 Å². The summed E-state index contributed by atoms with van der Waals surface area (Å²) >= 11 is 6.97. The molecule has 2 aromatic rings. The summed E-state index contributed by atoms with van der Waals surface area (Å²) in [6, 6.07) is 10.6. The highest BCUT2D eigenvalue weighted by Gasteiger charge is 2.54. The number of methoxy groups -OCH3 is 1. The third-order valence-corrected chi connectivity index (χ3v) is 9.16. The summed E-state index contributed by atoms with van der Waals surface area (Å²) in [5.74, 6) is 0.714. The van der Waals surface area contributed by atoms with Crippen LogP contribution in [0.25, 0.3) is 0 Å². The lowest BCUT2D eigenvalue weighted by molar-refractivity contribution is -0.00415. The summed E-state index contributed by atoms with van der Waals surface area (Å²) in [6.07, 6.45) is 1.43. The van der Waals surface area contributed by atoms with Gasteiger partial charge in [-0.3, -0.25) is 0 Å². The first kappa shape index (κ1) is 18.3. The van der Waals surface area contributed by atoms with Crippen LogP contribution in [0.1, 0.15) is 18.4 Å². The van der Waals surface area contributed by atoms with Crippen LogP contribution in [0.3, 0.4) is 0 Å². The van der Waals surface area contributed by atoms with Crippen LogP contribution in [-0.4, -0.2) is 38.0 Å². The largest absolute Gasteiger partial charge is 0.497 e. The molecule has 0 amide bonds. The first-order valence-corrected chi connectivity index (χ1v) is 11.1. The fraction of sp³-hybridized carbons (Fsp3) is 0.444. The third kappa shape index (κ3) is 2.86. The number of ether oxygens (including phenoxy) is 1. The second kappa shape index (κ2) is 6.49. The van der Waals surface area contributed by atoms with E-state index >= 15 is 0 Å². The van der Waals surface area contributed by atoms with Crippen molar-refractivity contribution in [2.75, 3.05) is 20.2 Å². The third-order valence-electron chi connectivity index (χ3n) is 5.63. The molecule has 1 aromatic carbocycles. The minimum atomic E-state index is -3.57. The molecule has 1 aliphatic carbocycles. The molecule has 1 aromatic heterocycles. The van der Waals surface area contributed by atoms with E-state index < -0.39 is 15.6 Å². The van der Waals surface area contributed by atoms with Crippen LogP contribution in [0.4, 0.5) is 0 Å². The van der Waals surface area contributed by atoms with Crippen LogP contribution in [0.15, 0.2) is 40.6 Å². The molecule has 0 bridgehead atoms. The van der Waals surface area contributed by atoms with E-state index in [4.69, 9.17) is 16.3 Å². The lowest BCUT2D eigenvalue weighted by Crippen LogP contribution is -2.36. The zero-order valence-electron chi connectivity index (χ0n) is 14.3. The van der Waals surface area contributed by atoms with E-state index in [1.807, 2.05) is 24.3 Å². The Bertz CT molecular complexity index is 929. The van der Waals surface area contributed by atoms with Crippen molar-refractivity contribution in [3.8, 4) is 5.75 Å². The van der Waals surface area contributed by atoms with Crippen LogP contribution < -0.4 is 4.74 Å². The number of thiophene rings is 1. The van der Waals surface area contributed by atoms with Crippen LogP contribution in [0.5, 0.6) is 5.75 Å². The first-order chi connectivity index (χ1) is 12.3. The van der Waals surface area contributed by atoms with Crippen LogP contribution in [0.2, 0.25) is 4.34 Å². The number of hydrogen-bond donors (Lipinski definition) is 1. The van der Waals surface area contributed by atoms with Crippen molar-refractivity contribution in [2.45, 2.75) is 22.7 Å². The highest BCUT2D eigenvalue weighted by atomic mass is 35.5. The molecule has 0 unspecified atom stereocenters. The molecule has 2 fully saturated rings. The Morgan fingerprint density at radius 3 is 2.81 bits per heavy atom. The summed E-state index contributed by atoms with van der Waals surface area (Å²) in [4.78, 5) is 0. The lowest BCUT2D eigenvalue weighted by Gasteiger charge is -2.31. The van der Waals surface area contributed by atoms with Crippen molar-refractivity contribution in [2.24, 2.45) is 11.8 Å².